The molecule has 0 saturated carbocycles. The number of aliphatic hydroxyl groups is 1. The van der Waals surface area contributed by atoms with Crippen molar-refractivity contribution in [2.24, 2.45) is 0 Å². The predicted octanol–water partition coefficient (Wildman–Crippen LogP) is 1.83. The van der Waals surface area contributed by atoms with Crippen LogP contribution in [0.4, 0.5) is 0 Å². The molecule has 0 fully saturated rings. The molecule has 1 heterocycles. The maximum atomic E-state index is 12.0. The van der Waals surface area contributed by atoms with Gasteiger partial charge in [-0.15, -0.1) is 0 Å². The summed E-state index contributed by atoms with van der Waals surface area (Å²) in [6.45, 7) is 4.30. The van der Waals surface area contributed by atoms with Gasteiger partial charge in [-0.25, -0.2) is 4.98 Å². The van der Waals surface area contributed by atoms with E-state index in [4.69, 9.17) is 11.6 Å². The molecule has 3 N–H and O–H groups in total. The van der Waals surface area contributed by atoms with Gasteiger partial charge in [-0.2, -0.15) is 0 Å². The number of rotatable bonds is 5. The molecule has 0 radical (unpaired) electrons. The number of halogens is 1. The van der Waals surface area contributed by atoms with E-state index in [0.29, 0.717) is 28.3 Å². The van der Waals surface area contributed by atoms with Crippen LogP contribution in [0.15, 0.2) is 23.0 Å². The second kappa shape index (κ2) is 5.91. The SMILES string of the molecule is CCC(C)(CO)NCc1nc2cc(Cl)ccc2c(=O)[nH]1. The van der Waals surface area contributed by atoms with Crippen LogP contribution in [0.25, 0.3) is 10.9 Å². The Morgan fingerprint density at radius 1 is 1.50 bits per heavy atom. The van der Waals surface area contributed by atoms with Crippen molar-refractivity contribution in [3.05, 3.63) is 39.4 Å². The minimum absolute atomic E-state index is 0.0210. The molecule has 108 valence electrons. The highest BCUT2D eigenvalue weighted by Crippen LogP contribution is 2.15. The van der Waals surface area contributed by atoms with E-state index in [2.05, 4.69) is 15.3 Å². The van der Waals surface area contributed by atoms with Gasteiger partial charge in [0.05, 0.1) is 24.1 Å². The molecule has 0 aliphatic carbocycles. The second-order valence-electron chi connectivity index (χ2n) is 5.10. The maximum Gasteiger partial charge on any atom is 0.258 e. The third-order valence-corrected chi connectivity index (χ3v) is 3.76. The Bertz CT molecular complexity index is 665. The number of hydrogen-bond donors (Lipinski definition) is 3. The molecule has 6 heteroatoms. The van der Waals surface area contributed by atoms with Gasteiger partial charge < -0.3 is 15.4 Å². The summed E-state index contributed by atoms with van der Waals surface area (Å²) in [4.78, 5) is 19.1. The average Bonchev–Trinajstić information content (AvgIpc) is 2.44. The summed E-state index contributed by atoms with van der Waals surface area (Å²) in [5.74, 6) is 0.526. The largest absolute Gasteiger partial charge is 0.394 e. The van der Waals surface area contributed by atoms with Crippen molar-refractivity contribution in [2.45, 2.75) is 32.4 Å². The summed E-state index contributed by atoms with van der Waals surface area (Å²) in [6, 6.07) is 4.99. The molecule has 0 bridgehead atoms. The summed E-state index contributed by atoms with van der Waals surface area (Å²) in [7, 11) is 0. The fraction of sp³-hybridized carbons (Fsp3) is 0.429. The minimum Gasteiger partial charge on any atom is -0.394 e. The zero-order chi connectivity index (χ0) is 14.8. The van der Waals surface area contributed by atoms with Gasteiger partial charge in [0.25, 0.3) is 5.56 Å². The van der Waals surface area contributed by atoms with Gasteiger partial charge in [-0.05, 0) is 31.5 Å². The Hall–Kier alpha value is -1.43. The first-order valence-corrected chi connectivity index (χ1v) is 6.89. The van der Waals surface area contributed by atoms with Gasteiger partial charge in [0.1, 0.15) is 5.82 Å². The fourth-order valence-electron chi connectivity index (χ4n) is 1.83. The summed E-state index contributed by atoms with van der Waals surface area (Å²) in [5.41, 5.74) is -0.00657. The van der Waals surface area contributed by atoms with Gasteiger partial charge in [0.2, 0.25) is 0 Å². The average molecular weight is 296 g/mol. The molecule has 0 aliphatic rings. The number of benzene rings is 1. The predicted molar refractivity (Wildman–Crippen MR) is 80.0 cm³/mol. The smallest absolute Gasteiger partial charge is 0.258 e. The summed E-state index contributed by atoms with van der Waals surface area (Å²) < 4.78 is 0. The van der Waals surface area contributed by atoms with Crippen molar-refractivity contribution < 1.29 is 5.11 Å². The van der Waals surface area contributed by atoms with Crippen LogP contribution in [-0.2, 0) is 6.54 Å². The monoisotopic (exact) mass is 295 g/mol. The van der Waals surface area contributed by atoms with E-state index in [1.165, 1.54) is 0 Å². The quantitative estimate of drug-likeness (QED) is 0.786. The molecule has 0 amide bonds. The molecule has 0 saturated heterocycles. The highest BCUT2D eigenvalue weighted by molar-refractivity contribution is 6.31. The van der Waals surface area contributed by atoms with Crippen LogP contribution >= 0.6 is 11.6 Å². The first-order valence-electron chi connectivity index (χ1n) is 6.52. The lowest BCUT2D eigenvalue weighted by atomic mass is 10.0. The van der Waals surface area contributed by atoms with E-state index in [1.807, 2.05) is 13.8 Å². The van der Waals surface area contributed by atoms with Crippen molar-refractivity contribution in [3.63, 3.8) is 0 Å². The van der Waals surface area contributed by atoms with Crippen LogP contribution in [0.3, 0.4) is 0 Å². The first-order chi connectivity index (χ1) is 9.47. The number of hydrogen-bond acceptors (Lipinski definition) is 4. The van der Waals surface area contributed by atoms with Crippen LogP contribution in [0, 0.1) is 0 Å². The number of fused-ring (bicyclic) bond motifs is 1. The minimum atomic E-state index is -0.387. The lowest BCUT2D eigenvalue weighted by Gasteiger charge is -2.27. The Kier molecular flexibility index (Phi) is 4.42. The van der Waals surface area contributed by atoms with E-state index in [0.717, 1.165) is 6.42 Å². The third kappa shape index (κ3) is 3.17. The van der Waals surface area contributed by atoms with E-state index in [1.54, 1.807) is 18.2 Å². The van der Waals surface area contributed by atoms with E-state index < -0.39 is 0 Å². The van der Waals surface area contributed by atoms with Gasteiger partial charge >= 0.3 is 0 Å². The van der Waals surface area contributed by atoms with E-state index >= 15 is 0 Å². The van der Waals surface area contributed by atoms with Crippen LogP contribution in [0.2, 0.25) is 5.02 Å². The molecule has 0 spiro atoms. The van der Waals surface area contributed by atoms with Gasteiger partial charge in [0, 0.05) is 10.6 Å². The first kappa shape index (κ1) is 15.0. The molecular formula is C14H18ClN3O2. The molecule has 0 aliphatic heterocycles. The third-order valence-electron chi connectivity index (χ3n) is 3.53. The standard InChI is InChI=1S/C14H18ClN3O2/c1-3-14(2,8-19)16-7-12-17-11-6-9(15)4-5-10(11)13(20)18-12/h4-6,16,19H,3,7-8H2,1-2H3,(H,17,18,20). The molecule has 1 aromatic carbocycles. The zero-order valence-electron chi connectivity index (χ0n) is 11.5. The van der Waals surface area contributed by atoms with Crippen molar-refractivity contribution >= 4 is 22.5 Å². The molecule has 5 nitrogen and oxygen atoms in total. The Morgan fingerprint density at radius 3 is 2.90 bits per heavy atom. The molecular weight excluding hydrogens is 278 g/mol. The summed E-state index contributed by atoms with van der Waals surface area (Å²) in [5, 5.41) is 13.6. The highest BCUT2D eigenvalue weighted by atomic mass is 35.5. The normalized spacial score (nSPS) is 14.4. The molecule has 20 heavy (non-hydrogen) atoms. The highest BCUT2D eigenvalue weighted by Gasteiger charge is 2.20. The van der Waals surface area contributed by atoms with Gasteiger partial charge in [-0.1, -0.05) is 18.5 Å². The van der Waals surface area contributed by atoms with Gasteiger partial charge in [0.15, 0.2) is 0 Å². The summed E-state index contributed by atoms with van der Waals surface area (Å²) in [6.07, 6.45) is 0.771. The molecule has 1 aromatic heterocycles. The van der Waals surface area contributed by atoms with E-state index in [9.17, 15) is 9.90 Å². The number of nitrogens with one attached hydrogen (secondary N) is 2. The number of H-pyrrole nitrogens is 1. The van der Waals surface area contributed by atoms with Crippen LogP contribution in [0.5, 0.6) is 0 Å². The van der Waals surface area contributed by atoms with E-state index in [-0.39, 0.29) is 17.7 Å². The Labute approximate surface area is 122 Å². The molecule has 1 atom stereocenters. The van der Waals surface area contributed by atoms with Crippen molar-refractivity contribution in [1.82, 2.24) is 15.3 Å². The van der Waals surface area contributed by atoms with Crippen molar-refractivity contribution in [3.8, 4) is 0 Å². The zero-order valence-corrected chi connectivity index (χ0v) is 12.3. The van der Waals surface area contributed by atoms with Crippen LogP contribution in [-0.4, -0.2) is 27.2 Å². The second-order valence-corrected chi connectivity index (χ2v) is 5.54. The van der Waals surface area contributed by atoms with Crippen LogP contribution < -0.4 is 10.9 Å². The van der Waals surface area contributed by atoms with Crippen molar-refractivity contribution in [1.29, 1.82) is 0 Å². The number of aliphatic hydroxyl groups excluding tert-OH is 1. The number of aromatic amines is 1. The lowest BCUT2D eigenvalue weighted by molar-refractivity contribution is 0.168. The number of nitrogens with zero attached hydrogens (tertiary/aromatic N) is 1. The fourth-order valence-corrected chi connectivity index (χ4v) is 2.00. The Morgan fingerprint density at radius 2 is 2.25 bits per heavy atom. The topological polar surface area (TPSA) is 78.0 Å². The molecule has 1 unspecified atom stereocenters. The summed E-state index contributed by atoms with van der Waals surface area (Å²) >= 11 is 5.92. The Balaban J connectivity index is 2.30. The maximum absolute atomic E-state index is 12.0. The molecule has 2 rings (SSSR count). The van der Waals surface area contributed by atoms with Crippen LogP contribution in [0.1, 0.15) is 26.1 Å². The van der Waals surface area contributed by atoms with Gasteiger partial charge in [-0.3, -0.25) is 4.79 Å². The lowest BCUT2D eigenvalue weighted by Crippen LogP contribution is -2.45. The van der Waals surface area contributed by atoms with Crippen molar-refractivity contribution in [2.75, 3.05) is 6.61 Å². The number of aromatic nitrogens is 2. The molecule has 2 aromatic rings.